The van der Waals surface area contributed by atoms with Gasteiger partial charge in [-0.3, -0.25) is 0 Å². The lowest BCUT2D eigenvalue weighted by molar-refractivity contribution is 0.199. The first kappa shape index (κ1) is 8.78. The smallest absolute Gasteiger partial charge is 0.136 e. The molecule has 11 heavy (non-hydrogen) atoms. The Morgan fingerprint density at radius 3 is 2.55 bits per heavy atom. The second-order valence-corrected chi connectivity index (χ2v) is 2.94. The molecule has 0 saturated heterocycles. The molecule has 0 bridgehead atoms. The summed E-state index contributed by atoms with van der Waals surface area (Å²) >= 11 is 11.2. The van der Waals surface area contributed by atoms with Crippen LogP contribution in [-0.2, 0) is 0 Å². The third-order valence-electron chi connectivity index (χ3n) is 1.29. The van der Waals surface area contributed by atoms with Crippen LogP contribution in [-0.4, -0.2) is 10.1 Å². The van der Waals surface area contributed by atoms with Crippen LogP contribution < -0.4 is 0 Å². The first-order valence-electron chi connectivity index (χ1n) is 3.11. The van der Waals surface area contributed by atoms with Crippen molar-refractivity contribution in [1.29, 1.82) is 0 Å². The van der Waals surface area contributed by atoms with Crippen molar-refractivity contribution in [3.05, 3.63) is 28.0 Å². The summed E-state index contributed by atoms with van der Waals surface area (Å²) in [5.74, 6) is 0. The van der Waals surface area contributed by atoms with E-state index in [0.29, 0.717) is 10.7 Å². The van der Waals surface area contributed by atoms with Crippen LogP contribution in [0.2, 0.25) is 10.3 Å². The number of nitrogens with zero attached hydrogens (tertiary/aromatic N) is 1. The van der Waals surface area contributed by atoms with Crippen molar-refractivity contribution in [2.75, 3.05) is 0 Å². The van der Waals surface area contributed by atoms with Gasteiger partial charge in [-0.15, -0.1) is 0 Å². The minimum absolute atomic E-state index is 0.257. The molecule has 0 aromatic carbocycles. The Morgan fingerprint density at radius 2 is 2.09 bits per heavy atom. The van der Waals surface area contributed by atoms with Crippen LogP contribution >= 0.6 is 23.2 Å². The van der Waals surface area contributed by atoms with Crippen molar-refractivity contribution in [2.45, 2.75) is 13.0 Å². The molecule has 0 amide bonds. The fourth-order valence-corrected chi connectivity index (χ4v) is 1.24. The Labute approximate surface area is 74.8 Å². The zero-order valence-corrected chi connectivity index (χ0v) is 7.39. The molecule has 0 aliphatic rings. The van der Waals surface area contributed by atoms with Crippen molar-refractivity contribution >= 4 is 23.2 Å². The predicted octanol–water partition coefficient (Wildman–Crippen LogP) is 2.44. The van der Waals surface area contributed by atoms with Gasteiger partial charge in [0.15, 0.2) is 0 Å². The number of aliphatic hydroxyl groups is 1. The van der Waals surface area contributed by atoms with Gasteiger partial charge in [-0.1, -0.05) is 29.3 Å². The van der Waals surface area contributed by atoms with Gasteiger partial charge in [-0.2, -0.15) is 0 Å². The molecule has 1 atom stereocenters. The van der Waals surface area contributed by atoms with Crippen LogP contribution in [0.1, 0.15) is 18.6 Å². The van der Waals surface area contributed by atoms with E-state index < -0.39 is 6.10 Å². The van der Waals surface area contributed by atoms with Crippen molar-refractivity contribution in [3.8, 4) is 0 Å². The Hall–Kier alpha value is -0.310. The van der Waals surface area contributed by atoms with E-state index in [1.165, 1.54) is 0 Å². The average molecular weight is 192 g/mol. The van der Waals surface area contributed by atoms with Crippen LogP contribution in [0.3, 0.4) is 0 Å². The Kier molecular flexibility index (Phi) is 2.71. The van der Waals surface area contributed by atoms with Crippen LogP contribution in [0.25, 0.3) is 0 Å². The first-order valence-corrected chi connectivity index (χ1v) is 3.87. The number of hydrogen-bond acceptors (Lipinski definition) is 2. The van der Waals surface area contributed by atoms with Crippen molar-refractivity contribution in [1.82, 2.24) is 4.98 Å². The molecule has 2 nitrogen and oxygen atoms in total. The average Bonchev–Trinajstić information content (AvgIpc) is 1.85. The van der Waals surface area contributed by atoms with Gasteiger partial charge in [0.05, 0.1) is 6.10 Å². The second kappa shape index (κ2) is 3.39. The van der Waals surface area contributed by atoms with E-state index in [0.717, 1.165) is 0 Å². The fourth-order valence-electron chi connectivity index (χ4n) is 0.735. The molecule has 0 spiro atoms. The SMILES string of the molecule is CC(O)c1ccc(Cl)nc1Cl. The normalized spacial score (nSPS) is 13.1. The van der Waals surface area contributed by atoms with Crippen LogP contribution in [0.15, 0.2) is 12.1 Å². The van der Waals surface area contributed by atoms with Gasteiger partial charge in [0.25, 0.3) is 0 Å². The maximum atomic E-state index is 9.13. The number of halogens is 2. The molecule has 1 rings (SSSR count). The molecular weight excluding hydrogens is 185 g/mol. The Balaban J connectivity index is 3.09. The zero-order valence-electron chi connectivity index (χ0n) is 5.88. The topological polar surface area (TPSA) is 33.1 Å². The summed E-state index contributed by atoms with van der Waals surface area (Å²) in [5.41, 5.74) is 0.594. The summed E-state index contributed by atoms with van der Waals surface area (Å²) in [6.07, 6.45) is -0.604. The number of pyridine rings is 1. The number of aliphatic hydroxyl groups excluding tert-OH is 1. The molecule has 0 aliphatic carbocycles. The van der Waals surface area contributed by atoms with Gasteiger partial charge in [0.2, 0.25) is 0 Å². The van der Waals surface area contributed by atoms with E-state index >= 15 is 0 Å². The van der Waals surface area contributed by atoms with Gasteiger partial charge < -0.3 is 5.11 Å². The molecule has 1 heterocycles. The quantitative estimate of drug-likeness (QED) is 0.693. The highest BCUT2D eigenvalue weighted by Crippen LogP contribution is 2.22. The van der Waals surface area contributed by atoms with E-state index in [4.69, 9.17) is 28.3 Å². The summed E-state index contributed by atoms with van der Waals surface area (Å²) in [6.45, 7) is 1.62. The van der Waals surface area contributed by atoms with E-state index in [2.05, 4.69) is 4.98 Å². The monoisotopic (exact) mass is 191 g/mol. The van der Waals surface area contributed by atoms with Gasteiger partial charge >= 0.3 is 0 Å². The van der Waals surface area contributed by atoms with Gasteiger partial charge in [-0.25, -0.2) is 4.98 Å². The van der Waals surface area contributed by atoms with E-state index in [-0.39, 0.29) is 5.15 Å². The van der Waals surface area contributed by atoms with E-state index in [1.807, 2.05) is 0 Å². The summed E-state index contributed by atoms with van der Waals surface area (Å²) in [5, 5.41) is 9.72. The minimum Gasteiger partial charge on any atom is -0.389 e. The van der Waals surface area contributed by atoms with Crippen LogP contribution in [0.5, 0.6) is 0 Å². The molecule has 0 saturated carbocycles. The molecule has 1 aromatic heterocycles. The van der Waals surface area contributed by atoms with Crippen LogP contribution in [0, 0.1) is 0 Å². The van der Waals surface area contributed by atoms with Crippen LogP contribution in [0.4, 0.5) is 0 Å². The standard InChI is InChI=1S/C7H7Cl2NO/c1-4(11)5-2-3-6(8)10-7(5)9/h2-4,11H,1H3. The maximum absolute atomic E-state index is 9.13. The molecule has 60 valence electrons. The molecule has 0 aliphatic heterocycles. The van der Waals surface area contributed by atoms with E-state index in [1.54, 1.807) is 19.1 Å². The lowest BCUT2D eigenvalue weighted by Gasteiger charge is -2.05. The zero-order chi connectivity index (χ0) is 8.43. The minimum atomic E-state index is -0.604. The largest absolute Gasteiger partial charge is 0.389 e. The highest BCUT2D eigenvalue weighted by atomic mass is 35.5. The molecule has 4 heteroatoms. The molecule has 1 N–H and O–H groups in total. The predicted molar refractivity (Wildman–Crippen MR) is 44.9 cm³/mol. The maximum Gasteiger partial charge on any atom is 0.136 e. The summed E-state index contributed by atoms with van der Waals surface area (Å²) < 4.78 is 0. The molecule has 0 radical (unpaired) electrons. The second-order valence-electron chi connectivity index (χ2n) is 2.19. The van der Waals surface area contributed by atoms with Crippen molar-refractivity contribution in [3.63, 3.8) is 0 Å². The number of aromatic nitrogens is 1. The number of rotatable bonds is 1. The third-order valence-corrected chi connectivity index (χ3v) is 1.81. The lowest BCUT2D eigenvalue weighted by atomic mass is 10.2. The van der Waals surface area contributed by atoms with Gasteiger partial charge in [-0.05, 0) is 13.0 Å². The Bertz CT molecular complexity index is 263. The molecular formula is C7H7Cl2NO. The highest BCUT2D eigenvalue weighted by Gasteiger charge is 2.06. The Morgan fingerprint density at radius 1 is 1.45 bits per heavy atom. The molecule has 0 fully saturated rings. The first-order chi connectivity index (χ1) is 5.11. The fraction of sp³-hybridized carbons (Fsp3) is 0.286. The third kappa shape index (κ3) is 2.06. The molecule has 1 unspecified atom stereocenters. The summed E-state index contributed by atoms with van der Waals surface area (Å²) in [6, 6.07) is 3.25. The highest BCUT2D eigenvalue weighted by molar-refractivity contribution is 6.32. The number of hydrogen-bond donors (Lipinski definition) is 1. The van der Waals surface area contributed by atoms with Gasteiger partial charge in [0.1, 0.15) is 10.3 Å². The van der Waals surface area contributed by atoms with E-state index in [9.17, 15) is 0 Å². The van der Waals surface area contributed by atoms with Gasteiger partial charge in [0, 0.05) is 5.56 Å². The summed E-state index contributed by atoms with van der Waals surface area (Å²) in [4.78, 5) is 3.77. The summed E-state index contributed by atoms with van der Waals surface area (Å²) in [7, 11) is 0. The van der Waals surface area contributed by atoms with Crippen molar-refractivity contribution < 1.29 is 5.11 Å². The lowest BCUT2D eigenvalue weighted by Crippen LogP contribution is -1.93. The van der Waals surface area contributed by atoms with Crippen molar-refractivity contribution in [2.24, 2.45) is 0 Å². The molecule has 1 aromatic rings.